The second-order valence-corrected chi connectivity index (χ2v) is 6.11. The Kier molecular flexibility index (Phi) is 3.75. The predicted octanol–water partition coefficient (Wildman–Crippen LogP) is 2.93. The van der Waals surface area contributed by atoms with Crippen LogP contribution in [0.15, 0.2) is 47.4 Å². The van der Waals surface area contributed by atoms with Gasteiger partial charge in [0, 0.05) is 10.6 Å². The third kappa shape index (κ3) is 2.83. The molecule has 0 saturated heterocycles. The fraction of sp³-hybridized carbons (Fsp3) is 0.188. The summed E-state index contributed by atoms with van der Waals surface area (Å²) >= 11 is 1.61. The van der Waals surface area contributed by atoms with Crippen molar-refractivity contribution in [3.05, 3.63) is 48.0 Å². The van der Waals surface area contributed by atoms with Crippen molar-refractivity contribution in [1.29, 1.82) is 0 Å². The molecule has 0 saturated carbocycles. The molecule has 1 heterocycles. The first-order valence-electron chi connectivity index (χ1n) is 6.66. The Bertz CT molecular complexity index is 663. The number of hydrogen-bond donors (Lipinski definition) is 2. The number of benzene rings is 2. The van der Waals surface area contributed by atoms with Gasteiger partial charge in [0.05, 0.1) is 18.0 Å². The van der Waals surface area contributed by atoms with Gasteiger partial charge in [0.15, 0.2) is 0 Å². The molecule has 1 unspecified atom stereocenters. The minimum atomic E-state index is -0.0919. The third-order valence-corrected chi connectivity index (χ3v) is 4.75. The second kappa shape index (κ2) is 5.69. The Morgan fingerprint density at radius 2 is 2.14 bits per heavy atom. The molecule has 21 heavy (non-hydrogen) atoms. The number of amides is 1. The highest BCUT2D eigenvalue weighted by Crippen LogP contribution is 2.37. The molecule has 0 spiro atoms. The fourth-order valence-corrected chi connectivity index (χ4v) is 3.56. The van der Waals surface area contributed by atoms with E-state index in [1.807, 2.05) is 12.1 Å². The van der Waals surface area contributed by atoms with Gasteiger partial charge in [-0.05, 0) is 36.2 Å². The summed E-state index contributed by atoms with van der Waals surface area (Å²) in [4.78, 5) is 13.5. The number of hydrogen-bond acceptors (Lipinski definition) is 4. The standard InChI is InChI=1S/C16H16N2O2S/c1-20-13-7-6-11(9-12(13)17)18-16(19)15-8-10-4-2-3-5-14(10)21-15/h2-7,9,15H,8,17H2,1H3,(H,18,19). The quantitative estimate of drug-likeness (QED) is 0.855. The van der Waals surface area contributed by atoms with Crippen LogP contribution in [0.3, 0.4) is 0 Å². The molecule has 1 aliphatic heterocycles. The monoisotopic (exact) mass is 300 g/mol. The first kappa shape index (κ1) is 13.8. The molecule has 0 aliphatic carbocycles. The number of rotatable bonds is 3. The molecule has 5 heteroatoms. The zero-order valence-electron chi connectivity index (χ0n) is 11.6. The van der Waals surface area contributed by atoms with Gasteiger partial charge in [0.25, 0.3) is 0 Å². The largest absolute Gasteiger partial charge is 0.495 e. The van der Waals surface area contributed by atoms with Gasteiger partial charge in [-0.15, -0.1) is 11.8 Å². The summed E-state index contributed by atoms with van der Waals surface area (Å²) in [5.41, 5.74) is 8.28. The lowest BCUT2D eigenvalue weighted by atomic mass is 10.1. The number of methoxy groups -OCH3 is 1. The molecule has 0 radical (unpaired) electrons. The van der Waals surface area contributed by atoms with E-state index in [1.54, 1.807) is 37.1 Å². The van der Waals surface area contributed by atoms with Crippen LogP contribution in [0.1, 0.15) is 5.56 Å². The molecule has 1 aliphatic rings. The first-order chi connectivity index (χ1) is 10.2. The van der Waals surface area contributed by atoms with Gasteiger partial charge in [-0.1, -0.05) is 18.2 Å². The summed E-state index contributed by atoms with van der Waals surface area (Å²) in [6.07, 6.45) is 0.762. The molecule has 108 valence electrons. The van der Waals surface area contributed by atoms with Crippen molar-refractivity contribution in [2.24, 2.45) is 0 Å². The molecule has 3 N–H and O–H groups in total. The highest BCUT2D eigenvalue weighted by Gasteiger charge is 2.28. The second-order valence-electron chi connectivity index (χ2n) is 4.86. The molecular weight excluding hydrogens is 284 g/mol. The number of nitrogen functional groups attached to an aromatic ring is 1. The van der Waals surface area contributed by atoms with Gasteiger partial charge < -0.3 is 15.8 Å². The van der Waals surface area contributed by atoms with Gasteiger partial charge in [0.2, 0.25) is 5.91 Å². The molecule has 1 amide bonds. The minimum absolute atomic E-state index is 0.000710. The molecule has 3 rings (SSSR count). The van der Waals surface area contributed by atoms with E-state index >= 15 is 0 Å². The smallest absolute Gasteiger partial charge is 0.238 e. The van der Waals surface area contributed by atoms with Gasteiger partial charge in [-0.25, -0.2) is 0 Å². The van der Waals surface area contributed by atoms with Crippen LogP contribution in [0.4, 0.5) is 11.4 Å². The summed E-state index contributed by atoms with van der Waals surface area (Å²) in [6.45, 7) is 0. The van der Waals surface area contributed by atoms with Crippen molar-refractivity contribution in [3.8, 4) is 5.75 Å². The Morgan fingerprint density at radius 3 is 2.86 bits per heavy atom. The van der Waals surface area contributed by atoms with Gasteiger partial charge in [-0.3, -0.25) is 4.79 Å². The highest BCUT2D eigenvalue weighted by atomic mass is 32.2. The van der Waals surface area contributed by atoms with Crippen molar-refractivity contribution in [2.75, 3.05) is 18.2 Å². The van der Waals surface area contributed by atoms with E-state index in [2.05, 4.69) is 17.4 Å². The lowest BCUT2D eigenvalue weighted by Crippen LogP contribution is -2.24. The predicted molar refractivity (Wildman–Crippen MR) is 85.8 cm³/mol. The zero-order chi connectivity index (χ0) is 14.8. The number of carbonyl (C=O) groups excluding carboxylic acids is 1. The maximum atomic E-state index is 12.3. The molecule has 2 aromatic carbocycles. The van der Waals surface area contributed by atoms with E-state index in [1.165, 1.54) is 10.5 Å². The average Bonchev–Trinajstić information content (AvgIpc) is 2.91. The summed E-state index contributed by atoms with van der Waals surface area (Å²) in [5, 5.41) is 2.82. The lowest BCUT2D eigenvalue weighted by molar-refractivity contribution is -0.115. The van der Waals surface area contributed by atoms with E-state index in [0.29, 0.717) is 17.1 Å². The molecule has 0 fully saturated rings. The van der Waals surface area contributed by atoms with Gasteiger partial charge >= 0.3 is 0 Å². The summed E-state index contributed by atoms with van der Waals surface area (Å²) in [6, 6.07) is 13.4. The Morgan fingerprint density at radius 1 is 1.33 bits per heavy atom. The molecular formula is C16H16N2O2S. The number of fused-ring (bicyclic) bond motifs is 1. The lowest BCUT2D eigenvalue weighted by Gasteiger charge is -2.11. The van der Waals surface area contributed by atoms with E-state index in [4.69, 9.17) is 10.5 Å². The number of ether oxygens (including phenoxy) is 1. The van der Waals surface area contributed by atoms with E-state index in [0.717, 1.165) is 6.42 Å². The van der Waals surface area contributed by atoms with Crippen LogP contribution in [0.2, 0.25) is 0 Å². The van der Waals surface area contributed by atoms with Crippen molar-refractivity contribution in [2.45, 2.75) is 16.6 Å². The molecule has 0 aromatic heterocycles. The van der Waals surface area contributed by atoms with E-state index < -0.39 is 0 Å². The van der Waals surface area contributed by atoms with Crippen LogP contribution in [-0.2, 0) is 11.2 Å². The SMILES string of the molecule is COc1ccc(NC(=O)C2Cc3ccccc3S2)cc1N. The van der Waals surface area contributed by atoms with Gasteiger partial charge in [-0.2, -0.15) is 0 Å². The first-order valence-corrected chi connectivity index (χ1v) is 7.54. The van der Waals surface area contributed by atoms with Crippen molar-refractivity contribution < 1.29 is 9.53 Å². The Balaban J connectivity index is 1.69. The molecule has 0 bridgehead atoms. The van der Waals surface area contributed by atoms with Crippen LogP contribution in [-0.4, -0.2) is 18.3 Å². The van der Waals surface area contributed by atoms with Crippen LogP contribution >= 0.6 is 11.8 Å². The number of carbonyl (C=O) groups is 1. The Labute approximate surface area is 127 Å². The van der Waals surface area contributed by atoms with Crippen molar-refractivity contribution >= 4 is 29.0 Å². The maximum absolute atomic E-state index is 12.3. The van der Waals surface area contributed by atoms with E-state index in [-0.39, 0.29) is 11.2 Å². The van der Waals surface area contributed by atoms with Crippen molar-refractivity contribution in [3.63, 3.8) is 0 Å². The maximum Gasteiger partial charge on any atom is 0.238 e. The summed E-state index contributed by atoms with van der Waals surface area (Å²) < 4.78 is 5.11. The van der Waals surface area contributed by atoms with Crippen molar-refractivity contribution in [1.82, 2.24) is 0 Å². The van der Waals surface area contributed by atoms with Crippen LogP contribution in [0.5, 0.6) is 5.75 Å². The van der Waals surface area contributed by atoms with Crippen LogP contribution in [0.25, 0.3) is 0 Å². The highest BCUT2D eigenvalue weighted by molar-refractivity contribution is 8.01. The van der Waals surface area contributed by atoms with Crippen LogP contribution in [0, 0.1) is 0 Å². The average molecular weight is 300 g/mol. The topological polar surface area (TPSA) is 64.3 Å². The summed E-state index contributed by atoms with van der Waals surface area (Å²) in [5.74, 6) is 0.608. The molecule has 2 aromatic rings. The van der Waals surface area contributed by atoms with Gasteiger partial charge in [0.1, 0.15) is 5.75 Å². The molecule has 4 nitrogen and oxygen atoms in total. The minimum Gasteiger partial charge on any atom is -0.495 e. The number of nitrogens with two attached hydrogens (primary N) is 1. The number of anilines is 2. The zero-order valence-corrected chi connectivity index (χ0v) is 12.4. The van der Waals surface area contributed by atoms with E-state index in [9.17, 15) is 4.79 Å². The number of nitrogens with one attached hydrogen (secondary N) is 1. The Hall–Kier alpha value is -2.14. The normalized spacial score (nSPS) is 16.3. The van der Waals surface area contributed by atoms with Crippen LogP contribution < -0.4 is 15.8 Å². The fourth-order valence-electron chi connectivity index (χ4n) is 2.36. The molecule has 1 atom stereocenters. The summed E-state index contributed by atoms with van der Waals surface area (Å²) in [7, 11) is 1.57. The third-order valence-electron chi connectivity index (χ3n) is 3.44. The number of thioether (sulfide) groups is 1.